The molecule has 72 valence electrons. The lowest BCUT2D eigenvalue weighted by atomic mass is 10.2. The van der Waals surface area contributed by atoms with E-state index in [9.17, 15) is 0 Å². The molecule has 3 nitrogen and oxygen atoms in total. The first kappa shape index (κ1) is 10.6. The van der Waals surface area contributed by atoms with Crippen LogP contribution in [0.5, 0.6) is 0 Å². The van der Waals surface area contributed by atoms with Crippen LogP contribution in [0.2, 0.25) is 0 Å². The summed E-state index contributed by atoms with van der Waals surface area (Å²) in [6, 6.07) is 3.71. The highest BCUT2D eigenvalue weighted by Crippen LogP contribution is 2.10. The summed E-state index contributed by atoms with van der Waals surface area (Å²) in [6.07, 6.45) is 6.44. The van der Waals surface area contributed by atoms with Crippen LogP contribution < -0.4 is 5.73 Å². The van der Waals surface area contributed by atoms with E-state index in [0.717, 1.165) is 17.7 Å². The summed E-state index contributed by atoms with van der Waals surface area (Å²) in [4.78, 5) is 3.91. The van der Waals surface area contributed by atoms with Gasteiger partial charge in [-0.1, -0.05) is 12.2 Å². The van der Waals surface area contributed by atoms with Crippen LogP contribution in [0.15, 0.2) is 18.3 Å². The zero-order valence-electron chi connectivity index (χ0n) is 7.64. The standard InChI is InChI=1S/C10H11N3S/c11-6-9-5-8(3-1-2-4-14)7-13-10(9)12/h1,3,5,7,14H,2,4H2,(H2,12,13). The van der Waals surface area contributed by atoms with Gasteiger partial charge in [0.1, 0.15) is 11.9 Å². The fourth-order valence-electron chi connectivity index (χ4n) is 0.966. The molecule has 0 bridgehead atoms. The lowest BCUT2D eigenvalue weighted by Crippen LogP contribution is -1.94. The van der Waals surface area contributed by atoms with Crippen LogP contribution in [0.1, 0.15) is 17.5 Å². The predicted octanol–water partition coefficient (Wildman–Crippen LogP) is 1.87. The van der Waals surface area contributed by atoms with Gasteiger partial charge in [0.2, 0.25) is 0 Å². The Bertz CT molecular complexity index is 379. The first-order valence-corrected chi connectivity index (χ1v) is 4.84. The van der Waals surface area contributed by atoms with Gasteiger partial charge in [0, 0.05) is 6.20 Å². The molecule has 1 heterocycles. The van der Waals surface area contributed by atoms with Crippen LogP contribution >= 0.6 is 12.6 Å². The Labute approximate surface area is 88.7 Å². The van der Waals surface area contributed by atoms with Crippen LogP contribution in [0.4, 0.5) is 5.82 Å². The molecule has 0 amide bonds. The molecule has 0 aromatic carbocycles. The first-order chi connectivity index (χ1) is 6.77. The number of aromatic nitrogens is 1. The van der Waals surface area contributed by atoms with Gasteiger partial charge < -0.3 is 5.73 Å². The Morgan fingerprint density at radius 1 is 1.64 bits per heavy atom. The Hall–Kier alpha value is -1.47. The highest BCUT2D eigenvalue weighted by Gasteiger charge is 1.98. The number of nitrogen functional groups attached to an aromatic ring is 1. The van der Waals surface area contributed by atoms with E-state index in [0.29, 0.717) is 5.56 Å². The van der Waals surface area contributed by atoms with Crippen molar-refractivity contribution in [3.05, 3.63) is 29.5 Å². The highest BCUT2D eigenvalue weighted by molar-refractivity contribution is 7.80. The molecule has 0 atom stereocenters. The molecule has 0 aliphatic heterocycles. The fourth-order valence-corrected chi connectivity index (χ4v) is 1.12. The molecular weight excluding hydrogens is 194 g/mol. The Balaban J connectivity index is 2.86. The zero-order valence-corrected chi connectivity index (χ0v) is 8.54. The molecule has 1 rings (SSSR count). The Morgan fingerprint density at radius 3 is 3.07 bits per heavy atom. The van der Waals surface area contributed by atoms with Gasteiger partial charge in [0.25, 0.3) is 0 Å². The third kappa shape index (κ3) is 2.79. The maximum Gasteiger partial charge on any atom is 0.141 e. The van der Waals surface area contributed by atoms with E-state index in [-0.39, 0.29) is 5.82 Å². The van der Waals surface area contributed by atoms with Crippen molar-refractivity contribution in [3.8, 4) is 6.07 Å². The van der Waals surface area contributed by atoms with E-state index in [1.807, 2.05) is 18.2 Å². The molecule has 4 heteroatoms. The summed E-state index contributed by atoms with van der Waals surface area (Å²) >= 11 is 4.08. The minimum Gasteiger partial charge on any atom is -0.383 e. The molecule has 0 spiro atoms. The minimum atomic E-state index is 0.277. The molecule has 0 fully saturated rings. The van der Waals surface area contributed by atoms with Gasteiger partial charge >= 0.3 is 0 Å². The molecule has 14 heavy (non-hydrogen) atoms. The number of hydrogen-bond donors (Lipinski definition) is 2. The lowest BCUT2D eigenvalue weighted by molar-refractivity contribution is 1.26. The summed E-state index contributed by atoms with van der Waals surface area (Å²) in [5.74, 6) is 1.09. The van der Waals surface area contributed by atoms with Crippen molar-refractivity contribution >= 4 is 24.5 Å². The molecule has 2 N–H and O–H groups in total. The van der Waals surface area contributed by atoms with Gasteiger partial charge in [-0.15, -0.1) is 0 Å². The summed E-state index contributed by atoms with van der Waals surface area (Å²) < 4.78 is 0. The highest BCUT2D eigenvalue weighted by atomic mass is 32.1. The predicted molar refractivity (Wildman–Crippen MR) is 60.9 cm³/mol. The SMILES string of the molecule is N#Cc1cc(C=CCCS)cnc1N. The van der Waals surface area contributed by atoms with Crippen LogP contribution in [-0.4, -0.2) is 10.7 Å². The Kier molecular flexibility index (Phi) is 4.02. The average molecular weight is 205 g/mol. The number of nitrogens with two attached hydrogens (primary N) is 1. The van der Waals surface area contributed by atoms with E-state index >= 15 is 0 Å². The van der Waals surface area contributed by atoms with E-state index in [1.165, 1.54) is 0 Å². The average Bonchev–Trinajstić information content (AvgIpc) is 2.21. The molecule has 0 aliphatic carbocycles. The largest absolute Gasteiger partial charge is 0.383 e. The number of nitrogens with zero attached hydrogens (tertiary/aromatic N) is 2. The molecule has 0 saturated heterocycles. The number of hydrogen-bond acceptors (Lipinski definition) is 4. The fraction of sp³-hybridized carbons (Fsp3) is 0.200. The maximum absolute atomic E-state index is 8.71. The van der Waals surface area contributed by atoms with Gasteiger partial charge in [-0.2, -0.15) is 17.9 Å². The first-order valence-electron chi connectivity index (χ1n) is 4.21. The summed E-state index contributed by atoms with van der Waals surface area (Å²) in [6.45, 7) is 0. The molecule has 0 radical (unpaired) electrons. The van der Waals surface area contributed by atoms with E-state index < -0.39 is 0 Å². The third-order valence-electron chi connectivity index (χ3n) is 1.67. The van der Waals surface area contributed by atoms with Gasteiger partial charge in [0.15, 0.2) is 0 Å². The van der Waals surface area contributed by atoms with Crippen molar-refractivity contribution < 1.29 is 0 Å². The number of rotatable bonds is 3. The van der Waals surface area contributed by atoms with Gasteiger partial charge in [-0.05, 0) is 23.8 Å². The van der Waals surface area contributed by atoms with Crippen LogP contribution in [0.25, 0.3) is 6.08 Å². The van der Waals surface area contributed by atoms with Crippen LogP contribution in [0.3, 0.4) is 0 Å². The van der Waals surface area contributed by atoms with Crippen LogP contribution in [0, 0.1) is 11.3 Å². The zero-order chi connectivity index (χ0) is 10.4. The molecule has 0 saturated carbocycles. The van der Waals surface area contributed by atoms with Crippen molar-refractivity contribution in [3.63, 3.8) is 0 Å². The summed E-state index contributed by atoms with van der Waals surface area (Å²) in [7, 11) is 0. The van der Waals surface area contributed by atoms with Crippen molar-refractivity contribution in [2.45, 2.75) is 6.42 Å². The lowest BCUT2D eigenvalue weighted by Gasteiger charge is -1.97. The minimum absolute atomic E-state index is 0.277. The second-order valence-electron chi connectivity index (χ2n) is 2.73. The number of pyridine rings is 1. The van der Waals surface area contributed by atoms with Crippen molar-refractivity contribution in [2.24, 2.45) is 0 Å². The van der Waals surface area contributed by atoms with Gasteiger partial charge in [-0.25, -0.2) is 4.98 Å². The smallest absolute Gasteiger partial charge is 0.141 e. The van der Waals surface area contributed by atoms with E-state index in [1.54, 1.807) is 12.3 Å². The third-order valence-corrected chi connectivity index (χ3v) is 1.92. The number of anilines is 1. The normalized spacial score (nSPS) is 10.3. The van der Waals surface area contributed by atoms with Gasteiger partial charge in [0.05, 0.1) is 5.56 Å². The maximum atomic E-state index is 8.71. The monoisotopic (exact) mass is 205 g/mol. The molecular formula is C10H11N3S. The number of nitriles is 1. The van der Waals surface area contributed by atoms with E-state index in [4.69, 9.17) is 11.0 Å². The molecule has 0 unspecified atom stereocenters. The molecule has 0 aliphatic rings. The quantitative estimate of drug-likeness (QED) is 0.740. The second-order valence-corrected chi connectivity index (χ2v) is 3.18. The number of allylic oxidation sites excluding steroid dienone is 1. The topological polar surface area (TPSA) is 62.7 Å². The molecule has 1 aromatic heterocycles. The summed E-state index contributed by atoms with van der Waals surface area (Å²) in [5, 5.41) is 8.71. The number of thiol groups is 1. The van der Waals surface area contributed by atoms with Crippen LogP contribution in [-0.2, 0) is 0 Å². The second kappa shape index (κ2) is 5.30. The van der Waals surface area contributed by atoms with Crippen molar-refractivity contribution in [2.75, 3.05) is 11.5 Å². The van der Waals surface area contributed by atoms with E-state index in [2.05, 4.69) is 17.6 Å². The van der Waals surface area contributed by atoms with Gasteiger partial charge in [-0.3, -0.25) is 0 Å². The summed E-state index contributed by atoms with van der Waals surface area (Å²) in [5.41, 5.74) is 6.79. The molecule has 1 aromatic rings. The van der Waals surface area contributed by atoms with Crippen molar-refractivity contribution in [1.82, 2.24) is 4.98 Å². The van der Waals surface area contributed by atoms with Crippen molar-refractivity contribution in [1.29, 1.82) is 5.26 Å². The Morgan fingerprint density at radius 2 is 2.43 bits per heavy atom.